The van der Waals surface area contributed by atoms with Crippen molar-refractivity contribution in [3.8, 4) is 0 Å². The summed E-state index contributed by atoms with van der Waals surface area (Å²) in [4.78, 5) is 0. The molecule has 5 nitrogen and oxygen atoms in total. The number of rotatable bonds is 7. The highest BCUT2D eigenvalue weighted by atomic mass is 16.5. The van der Waals surface area contributed by atoms with Crippen LogP contribution in [0, 0.1) is 5.92 Å². The number of methoxy groups -OCH3 is 1. The van der Waals surface area contributed by atoms with E-state index >= 15 is 0 Å². The van der Waals surface area contributed by atoms with Gasteiger partial charge in [0.25, 0.3) is 0 Å². The lowest BCUT2D eigenvalue weighted by molar-refractivity contribution is 0.198. The van der Waals surface area contributed by atoms with Gasteiger partial charge >= 0.3 is 0 Å². The minimum atomic E-state index is 0.582. The Labute approximate surface area is 90.8 Å². The van der Waals surface area contributed by atoms with Gasteiger partial charge in [-0.15, -0.1) is 5.10 Å². The van der Waals surface area contributed by atoms with Crippen molar-refractivity contribution < 1.29 is 4.74 Å². The fraction of sp³-hybridized carbons (Fsp3) is 0.800. The summed E-state index contributed by atoms with van der Waals surface area (Å²) in [5.41, 5.74) is 1.18. The maximum atomic E-state index is 4.96. The summed E-state index contributed by atoms with van der Waals surface area (Å²) >= 11 is 0. The summed E-state index contributed by atoms with van der Waals surface area (Å²) in [5.74, 6) is 0.582. The van der Waals surface area contributed by atoms with E-state index in [2.05, 4.69) is 22.6 Å². The third-order valence-corrected chi connectivity index (χ3v) is 2.34. The Kier molecular flexibility index (Phi) is 5.28. The summed E-state index contributed by atoms with van der Waals surface area (Å²) in [5, 5.41) is 11.1. The van der Waals surface area contributed by atoms with Crippen molar-refractivity contribution in [3.63, 3.8) is 0 Å². The van der Waals surface area contributed by atoms with Gasteiger partial charge in [0.15, 0.2) is 0 Å². The van der Waals surface area contributed by atoms with Crippen molar-refractivity contribution in [1.29, 1.82) is 0 Å². The zero-order chi connectivity index (χ0) is 11.1. The van der Waals surface area contributed by atoms with Crippen molar-refractivity contribution in [2.45, 2.75) is 13.3 Å². The van der Waals surface area contributed by atoms with Crippen LogP contribution in [0.5, 0.6) is 0 Å². The molecule has 1 aromatic rings. The second-order valence-corrected chi connectivity index (χ2v) is 3.86. The molecule has 86 valence electrons. The SMILES string of the molecule is COCCNCC(C)Cc1cnnn1C. The fourth-order valence-corrected chi connectivity index (χ4v) is 1.45. The van der Waals surface area contributed by atoms with Gasteiger partial charge in [-0.3, -0.25) is 4.68 Å². The third-order valence-electron chi connectivity index (χ3n) is 2.34. The normalized spacial score (nSPS) is 13.0. The van der Waals surface area contributed by atoms with Crippen LogP contribution < -0.4 is 5.32 Å². The molecule has 1 N–H and O–H groups in total. The summed E-state index contributed by atoms with van der Waals surface area (Å²) in [6.45, 7) is 4.88. The second kappa shape index (κ2) is 6.53. The molecule has 0 aliphatic carbocycles. The van der Waals surface area contributed by atoms with E-state index in [4.69, 9.17) is 4.74 Å². The quantitative estimate of drug-likeness (QED) is 0.657. The van der Waals surface area contributed by atoms with E-state index < -0.39 is 0 Å². The highest BCUT2D eigenvalue weighted by molar-refractivity contribution is 4.94. The standard InChI is InChI=1S/C10H20N4O/c1-9(7-11-4-5-15-3)6-10-8-12-13-14(10)2/h8-9,11H,4-7H2,1-3H3. The average molecular weight is 212 g/mol. The first-order valence-corrected chi connectivity index (χ1v) is 5.27. The van der Waals surface area contributed by atoms with E-state index in [0.717, 1.165) is 26.1 Å². The molecular formula is C10H20N4O. The van der Waals surface area contributed by atoms with Crippen molar-refractivity contribution in [1.82, 2.24) is 20.3 Å². The van der Waals surface area contributed by atoms with Gasteiger partial charge in [0.2, 0.25) is 0 Å². The molecule has 0 aliphatic rings. The molecule has 0 radical (unpaired) electrons. The van der Waals surface area contributed by atoms with E-state index in [0.29, 0.717) is 5.92 Å². The Balaban J connectivity index is 2.18. The highest BCUT2D eigenvalue weighted by Crippen LogP contribution is 2.04. The predicted octanol–water partition coefficient (Wildman–Crippen LogP) is 0.230. The molecule has 0 aliphatic heterocycles. The van der Waals surface area contributed by atoms with E-state index in [1.165, 1.54) is 5.69 Å². The number of ether oxygens (including phenoxy) is 1. The first-order chi connectivity index (χ1) is 7.24. The number of nitrogens with zero attached hydrogens (tertiary/aromatic N) is 3. The molecule has 0 bridgehead atoms. The van der Waals surface area contributed by atoms with Crippen molar-refractivity contribution in [2.24, 2.45) is 13.0 Å². The Morgan fingerprint density at radius 1 is 1.60 bits per heavy atom. The minimum Gasteiger partial charge on any atom is -0.383 e. The lowest BCUT2D eigenvalue weighted by atomic mass is 10.1. The van der Waals surface area contributed by atoms with Gasteiger partial charge in [0.05, 0.1) is 18.5 Å². The van der Waals surface area contributed by atoms with Gasteiger partial charge < -0.3 is 10.1 Å². The van der Waals surface area contributed by atoms with Gasteiger partial charge in [-0.1, -0.05) is 12.1 Å². The Hall–Kier alpha value is -0.940. The zero-order valence-electron chi connectivity index (χ0n) is 9.73. The Bertz CT molecular complexity index is 274. The van der Waals surface area contributed by atoms with Crippen LogP contribution in [-0.2, 0) is 18.2 Å². The maximum absolute atomic E-state index is 4.96. The van der Waals surface area contributed by atoms with Crippen LogP contribution in [-0.4, -0.2) is 41.8 Å². The summed E-state index contributed by atoms with van der Waals surface area (Å²) < 4.78 is 6.79. The number of nitrogens with one attached hydrogen (secondary N) is 1. The van der Waals surface area contributed by atoms with Crippen LogP contribution >= 0.6 is 0 Å². The van der Waals surface area contributed by atoms with Crippen LogP contribution in [0.15, 0.2) is 6.20 Å². The number of aromatic nitrogens is 3. The van der Waals surface area contributed by atoms with E-state index in [1.807, 2.05) is 17.9 Å². The first-order valence-electron chi connectivity index (χ1n) is 5.27. The molecule has 1 unspecified atom stereocenters. The number of hydrogen-bond donors (Lipinski definition) is 1. The lowest BCUT2D eigenvalue weighted by Crippen LogP contribution is -2.26. The van der Waals surface area contributed by atoms with Crippen LogP contribution in [0.3, 0.4) is 0 Å². The molecule has 1 rings (SSSR count). The fourth-order valence-electron chi connectivity index (χ4n) is 1.45. The molecule has 0 spiro atoms. The molecule has 0 fully saturated rings. The van der Waals surface area contributed by atoms with Crippen molar-refractivity contribution >= 4 is 0 Å². The Morgan fingerprint density at radius 3 is 3.00 bits per heavy atom. The molecule has 1 atom stereocenters. The van der Waals surface area contributed by atoms with Gasteiger partial charge in [-0.2, -0.15) is 0 Å². The smallest absolute Gasteiger partial charge is 0.0725 e. The van der Waals surface area contributed by atoms with Gasteiger partial charge in [0, 0.05) is 20.7 Å². The average Bonchev–Trinajstić information content (AvgIpc) is 2.59. The van der Waals surface area contributed by atoms with E-state index in [9.17, 15) is 0 Å². The largest absolute Gasteiger partial charge is 0.383 e. The van der Waals surface area contributed by atoms with E-state index in [1.54, 1.807) is 7.11 Å². The number of aryl methyl sites for hydroxylation is 1. The summed E-state index contributed by atoms with van der Waals surface area (Å²) in [6.07, 6.45) is 2.83. The molecular weight excluding hydrogens is 192 g/mol. The monoisotopic (exact) mass is 212 g/mol. The Morgan fingerprint density at radius 2 is 2.40 bits per heavy atom. The predicted molar refractivity (Wildman–Crippen MR) is 58.6 cm³/mol. The lowest BCUT2D eigenvalue weighted by Gasteiger charge is -2.11. The van der Waals surface area contributed by atoms with Crippen molar-refractivity contribution in [2.75, 3.05) is 26.8 Å². The molecule has 0 saturated carbocycles. The topological polar surface area (TPSA) is 52.0 Å². The highest BCUT2D eigenvalue weighted by Gasteiger charge is 2.06. The van der Waals surface area contributed by atoms with Gasteiger partial charge in [-0.05, 0) is 18.9 Å². The second-order valence-electron chi connectivity index (χ2n) is 3.86. The third kappa shape index (κ3) is 4.40. The van der Waals surface area contributed by atoms with Crippen LogP contribution in [0.2, 0.25) is 0 Å². The van der Waals surface area contributed by atoms with Crippen molar-refractivity contribution in [3.05, 3.63) is 11.9 Å². The van der Waals surface area contributed by atoms with Crippen LogP contribution in [0.1, 0.15) is 12.6 Å². The maximum Gasteiger partial charge on any atom is 0.0725 e. The van der Waals surface area contributed by atoms with Gasteiger partial charge in [-0.25, -0.2) is 0 Å². The number of hydrogen-bond acceptors (Lipinski definition) is 4. The molecule has 5 heteroatoms. The molecule has 0 saturated heterocycles. The minimum absolute atomic E-state index is 0.582. The van der Waals surface area contributed by atoms with Crippen LogP contribution in [0.25, 0.3) is 0 Å². The molecule has 1 heterocycles. The zero-order valence-corrected chi connectivity index (χ0v) is 9.73. The van der Waals surface area contributed by atoms with Gasteiger partial charge in [0.1, 0.15) is 0 Å². The molecule has 0 aromatic carbocycles. The summed E-state index contributed by atoms with van der Waals surface area (Å²) in [6, 6.07) is 0. The molecule has 0 amide bonds. The molecule has 1 aromatic heterocycles. The van der Waals surface area contributed by atoms with E-state index in [-0.39, 0.29) is 0 Å². The molecule has 15 heavy (non-hydrogen) atoms. The summed E-state index contributed by atoms with van der Waals surface area (Å²) in [7, 11) is 3.64. The first kappa shape index (κ1) is 12.1. The van der Waals surface area contributed by atoms with Crippen LogP contribution in [0.4, 0.5) is 0 Å².